The third-order valence-corrected chi connectivity index (χ3v) is 5.86. The fourth-order valence-corrected chi connectivity index (χ4v) is 4.08. The number of carbonyl (C=O) groups is 1. The van der Waals surface area contributed by atoms with Crippen LogP contribution in [0.5, 0.6) is 0 Å². The summed E-state index contributed by atoms with van der Waals surface area (Å²) in [7, 11) is -1.91. The number of carbonyl (C=O) groups excluding carboxylic acids is 1. The predicted octanol–water partition coefficient (Wildman–Crippen LogP) is 1.97. The van der Waals surface area contributed by atoms with E-state index in [0.29, 0.717) is 30.1 Å². The van der Waals surface area contributed by atoms with Crippen molar-refractivity contribution in [2.45, 2.75) is 12.8 Å². The van der Waals surface area contributed by atoms with Gasteiger partial charge in [-0.1, -0.05) is 11.6 Å². The highest BCUT2D eigenvalue weighted by atomic mass is 35.5. The molecule has 0 radical (unpaired) electrons. The number of hydrogen-bond acceptors (Lipinski definition) is 4. The summed E-state index contributed by atoms with van der Waals surface area (Å²) < 4.78 is 30.6. The summed E-state index contributed by atoms with van der Waals surface area (Å²) in [6, 6.07) is 6.82. The van der Waals surface area contributed by atoms with Gasteiger partial charge in [0, 0.05) is 30.9 Å². The van der Waals surface area contributed by atoms with Gasteiger partial charge in [-0.25, -0.2) is 12.7 Å². The van der Waals surface area contributed by atoms with Crippen LogP contribution in [0.3, 0.4) is 0 Å². The van der Waals surface area contributed by atoms with Crippen molar-refractivity contribution in [2.75, 3.05) is 37.9 Å². The van der Waals surface area contributed by atoms with Crippen molar-refractivity contribution >= 4 is 33.2 Å². The zero-order chi connectivity index (χ0) is 16.9. The van der Waals surface area contributed by atoms with Gasteiger partial charge in [0.05, 0.1) is 18.3 Å². The number of piperidine rings is 1. The lowest BCUT2D eigenvalue weighted by Crippen LogP contribution is -2.45. The van der Waals surface area contributed by atoms with Gasteiger partial charge in [0.2, 0.25) is 15.9 Å². The summed E-state index contributed by atoms with van der Waals surface area (Å²) in [5.74, 6) is -0.578. The first kappa shape index (κ1) is 18.2. The highest BCUT2D eigenvalue weighted by molar-refractivity contribution is 7.89. The zero-order valence-corrected chi connectivity index (χ0v) is 14.6. The lowest BCUT2D eigenvalue weighted by molar-refractivity contribution is -0.120. The fraction of sp³-hybridized carbons (Fsp3) is 0.533. The minimum Gasteiger partial charge on any atom is -0.384 e. The molecule has 0 aromatic heterocycles. The Morgan fingerprint density at radius 1 is 1.39 bits per heavy atom. The molecule has 1 unspecified atom stereocenters. The molecule has 0 aliphatic carbocycles. The van der Waals surface area contributed by atoms with Gasteiger partial charge in [-0.2, -0.15) is 0 Å². The molecule has 0 spiro atoms. The van der Waals surface area contributed by atoms with Crippen molar-refractivity contribution in [1.82, 2.24) is 4.31 Å². The van der Waals surface area contributed by atoms with E-state index >= 15 is 0 Å². The Hall–Kier alpha value is -1.15. The summed E-state index contributed by atoms with van der Waals surface area (Å²) in [5, 5.41) is 3.40. The number of halogens is 1. The molecule has 1 saturated heterocycles. The maximum Gasteiger partial charge on any atom is 0.228 e. The number of sulfonamides is 1. The number of nitrogens with zero attached hydrogens (tertiary/aromatic N) is 1. The van der Waals surface area contributed by atoms with E-state index in [9.17, 15) is 13.2 Å². The van der Waals surface area contributed by atoms with Crippen LogP contribution in [0, 0.1) is 5.92 Å². The average molecular weight is 361 g/mol. The van der Waals surface area contributed by atoms with E-state index in [1.807, 2.05) is 0 Å². The van der Waals surface area contributed by atoms with Gasteiger partial charge in [-0.05, 0) is 37.1 Å². The Labute approximate surface area is 141 Å². The number of methoxy groups -OCH3 is 1. The molecule has 1 N–H and O–H groups in total. The van der Waals surface area contributed by atoms with Gasteiger partial charge >= 0.3 is 0 Å². The minimum atomic E-state index is -3.38. The highest BCUT2D eigenvalue weighted by Gasteiger charge is 2.32. The Morgan fingerprint density at radius 2 is 2.09 bits per heavy atom. The standard InChI is InChI=1S/C15H21ClN2O4S/c1-22-9-10-23(20,21)18-8-2-3-12(11-18)15(19)17-14-6-4-13(16)5-7-14/h4-7,12H,2-3,8-11H2,1H3,(H,17,19). The van der Waals surface area contributed by atoms with Crippen LogP contribution >= 0.6 is 11.6 Å². The third-order valence-electron chi connectivity index (χ3n) is 3.81. The zero-order valence-electron chi connectivity index (χ0n) is 13.0. The molecule has 1 atom stereocenters. The molecule has 6 nitrogen and oxygen atoms in total. The molecular formula is C15H21ClN2O4S. The van der Waals surface area contributed by atoms with Crippen LogP contribution in [-0.2, 0) is 19.6 Å². The molecule has 2 rings (SSSR count). The molecule has 128 valence electrons. The molecule has 23 heavy (non-hydrogen) atoms. The first-order valence-electron chi connectivity index (χ1n) is 7.45. The van der Waals surface area contributed by atoms with Crippen LogP contribution in [0.2, 0.25) is 5.02 Å². The molecule has 1 aliphatic heterocycles. The second-order valence-corrected chi connectivity index (χ2v) is 8.03. The number of amides is 1. The Morgan fingerprint density at radius 3 is 2.74 bits per heavy atom. The Balaban J connectivity index is 1.97. The van der Waals surface area contributed by atoms with E-state index < -0.39 is 10.0 Å². The topological polar surface area (TPSA) is 75.7 Å². The van der Waals surface area contributed by atoms with Crippen LogP contribution in [0.4, 0.5) is 5.69 Å². The van der Waals surface area contributed by atoms with Crippen molar-refractivity contribution < 1.29 is 17.9 Å². The van der Waals surface area contributed by atoms with Crippen molar-refractivity contribution in [1.29, 1.82) is 0 Å². The maximum absolute atomic E-state index is 12.3. The lowest BCUT2D eigenvalue weighted by atomic mass is 9.99. The number of anilines is 1. The molecule has 8 heteroatoms. The summed E-state index contributed by atoms with van der Waals surface area (Å²) in [5.41, 5.74) is 0.652. The molecule has 1 aromatic carbocycles. The van der Waals surface area contributed by atoms with Crippen LogP contribution in [0.25, 0.3) is 0 Å². The minimum absolute atomic E-state index is 0.0605. The van der Waals surface area contributed by atoms with E-state index in [4.69, 9.17) is 16.3 Å². The summed E-state index contributed by atoms with van der Waals surface area (Å²) >= 11 is 5.81. The normalized spacial score (nSPS) is 19.5. The van der Waals surface area contributed by atoms with Gasteiger partial charge < -0.3 is 10.1 Å². The largest absolute Gasteiger partial charge is 0.384 e. The average Bonchev–Trinajstić information content (AvgIpc) is 2.55. The van der Waals surface area contributed by atoms with Crippen molar-refractivity contribution in [3.8, 4) is 0 Å². The monoisotopic (exact) mass is 360 g/mol. The summed E-state index contributed by atoms with van der Waals surface area (Å²) in [4.78, 5) is 12.3. The number of rotatable bonds is 6. The van der Waals surface area contributed by atoms with Crippen molar-refractivity contribution in [3.63, 3.8) is 0 Å². The molecule has 1 aromatic rings. The third kappa shape index (κ3) is 5.17. The molecular weight excluding hydrogens is 340 g/mol. The Kier molecular flexibility index (Phi) is 6.41. The highest BCUT2D eigenvalue weighted by Crippen LogP contribution is 2.22. The van der Waals surface area contributed by atoms with E-state index in [1.54, 1.807) is 24.3 Å². The Bertz CT molecular complexity index is 633. The number of hydrogen-bond donors (Lipinski definition) is 1. The first-order chi connectivity index (χ1) is 10.9. The van der Waals surface area contributed by atoms with Gasteiger partial charge in [0.25, 0.3) is 0 Å². The number of nitrogens with one attached hydrogen (secondary N) is 1. The van der Waals surface area contributed by atoms with Crippen LogP contribution < -0.4 is 5.32 Å². The smallest absolute Gasteiger partial charge is 0.228 e. The fourth-order valence-electron chi connectivity index (χ4n) is 2.50. The molecule has 1 aliphatic rings. The lowest BCUT2D eigenvalue weighted by Gasteiger charge is -2.31. The van der Waals surface area contributed by atoms with E-state index in [-0.39, 0.29) is 30.7 Å². The van der Waals surface area contributed by atoms with E-state index in [2.05, 4.69) is 5.32 Å². The van der Waals surface area contributed by atoms with Gasteiger partial charge in [-0.15, -0.1) is 0 Å². The maximum atomic E-state index is 12.3. The van der Waals surface area contributed by atoms with E-state index in [0.717, 1.165) is 0 Å². The van der Waals surface area contributed by atoms with Gasteiger partial charge in [0.15, 0.2) is 0 Å². The quantitative estimate of drug-likeness (QED) is 0.841. The van der Waals surface area contributed by atoms with Crippen LogP contribution in [0.1, 0.15) is 12.8 Å². The first-order valence-corrected chi connectivity index (χ1v) is 9.44. The molecule has 0 bridgehead atoms. The molecule has 1 fully saturated rings. The molecule has 1 amide bonds. The molecule has 0 saturated carbocycles. The predicted molar refractivity (Wildman–Crippen MR) is 90.0 cm³/mol. The summed E-state index contributed by atoms with van der Waals surface area (Å²) in [6.45, 7) is 0.822. The van der Waals surface area contributed by atoms with Gasteiger partial charge in [0.1, 0.15) is 0 Å². The number of ether oxygens (including phenoxy) is 1. The second-order valence-electron chi connectivity index (χ2n) is 5.50. The second kappa shape index (κ2) is 8.10. The van der Waals surface area contributed by atoms with E-state index in [1.165, 1.54) is 11.4 Å². The van der Waals surface area contributed by atoms with Crippen molar-refractivity contribution in [2.24, 2.45) is 5.92 Å². The van der Waals surface area contributed by atoms with Crippen LogP contribution in [-0.4, -0.2) is 51.2 Å². The van der Waals surface area contributed by atoms with Gasteiger partial charge in [-0.3, -0.25) is 4.79 Å². The summed E-state index contributed by atoms with van der Waals surface area (Å²) in [6.07, 6.45) is 1.35. The van der Waals surface area contributed by atoms with Crippen molar-refractivity contribution in [3.05, 3.63) is 29.3 Å². The molecule has 1 heterocycles. The van der Waals surface area contributed by atoms with Crippen LogP contribution in [0.15, 0.2) is 24.3 Å². The SMILES string of the molecule is COCCS(=O)(=O)N1CCCC(C(=O)Nc2ccc(Cl)cc2)C1. The number of benzene rings is 1.